The molecule has 0 spiro atoms. The van der Waals surface area contributed by atoms with E-state index >= 15 is 0 Å². The summed E-state index contributed by atoms with van der Waals surface area (Å²) in [4.78, 5) is 25.0. The van der Waals surface area contributed by atoms with Crippen LogP contribution in [-0.4, -0.2) is 42.1 Å². The molecule has 16 heavy (non-hydrogen) atoms. The van der Waals surface area contributed by atoms with Gasteiger partial charge in [0.15, 0.2) is 0 Å². The molecule has 0 aliphatic carbocycles. The third-order valence-electron chi connectivity index (χ3n) is 3.19. The van der Waals surface area contributed by atoms with Crippen LogP contribution in [0.1, 0.15) is 19.3 Å². The Labute approximate surface area is 93.7 Å². The molecular weight excluding hydrogens is 210 g/mol. The number of aliphatic hydroxyl groups is 1. The van der Waals surface area contributed by atoms with Crippen LogP contribution in [0.2, 0.25) is 0 Å². The van der Waals surface area contributed by atoms with E-state index in [0.717, 1.165) is 12.1 Å². The van der Waals surface area contributed by atoms with Crippen LogP contribution in [0.5, 0.6) is 0 Å². The number of nitrogens with zero attached hydrogens (tertiary/aromatic N) is 1. The van der Waals surface area contributed by atoms with Crippen molar-refractivity contribution in [2.24, 2.45) is 5.92 Å². The van der Waals surface area contributed by atoms with E-state index in [1.54, 1.807) is 4.90 Å². The predicted molar refractivity (Wildman–Crippen MR) is 55.2 cm³/mol. The normalized spacial score (nSPS) is 24.8. The highest BCUT2D eigenvalue weighted by atomic mass is 16.5. The van der Waals surface area contributed by atoms with E-state index in [2.05, 4.69) is 0 Å². The van der Waals surface area contributed by atoms with Crippen LogP contribution < -0.4 is 0 Å². The van der Waals surface area contributed by atoms with Crippen molar-refractivity contribution in [2.75, 3.05) is 20.3 Å². The summed E-state index contributed by atoms with van der Waals surface area (Å²) in [5, 5.41) is 9.23. The Balaban J connectivity index is 2.43. The minimum atomic E-state index is -0.423. The first-order valence-electron chi connectivity index (χ1n) is 5.41. The molecule has 0 aromatic heterocycles. The third-order valence-corrected chi connectivity index (χ3v) is 3.19. The Morgan fingerprint density at radius 2 is 2.38 bits per heavy atom. The molecule has 0 aromatic rings. The Morgan fingerprint density at radius 1 is 1.62 bits per heavy atom. The van der Waals surface area contributed by atoms with E-state index in [-0.39, 0.29) is 18.9 Å². The molecule has 5 heteroatoms. The molecule has 88 valence electrons. The van der Waals surface area contributed by atoms with E-state index < -0.39 is 11.9 Å². The zero-order valence-electron chi connectivity index (χ0n) is 9.23. The number of carbonyl (C=O) groups is 2. The maximum atomic E-state index is 11.7. The van der Waals surface area contributed by atoms with Crippen molar-refractivity contribution in [1.82, 2.24) is 4.90 Å². The second kappa shape index (κ2) is 4.25. The minimum absolute atomic E-state index is 0.000738. The van der Waals surface area contributed by atoms with E-state index in [0.29, 0.717) is 18.5 Å². The number of fused-ring (bicyclic) bond motifs is 1. The topological polar surface area (TPSA) is 66.8 Å². The molecule has 5 nitrogen and oxygen atoms in total. The van der Waals surface area contributed by atoms with Gasteiger partial charge in [-0.05, 0) is 12.8 Å². The lowest BCUT2D eigenvalue weighted by Gasteiger charge is -2.30. The van der Waals surface area contributed by atoms with Crippen LogP contribution in [0.3, 0.4) is 0 Å². The van der Waals surface area contributed by atoms with Crippen molar-refractivity contribution >= 4 is 11.9 Å². The lowest BCUT2D eigenvalue weighted by Crippen LogP contribution is -2.38. The standard InChI is InChI=1S/C11H15NO4/c1-16-11(15)10-7(6-13)5-9(14)12-4-2-3-8(10)12/h7,13H,2-6H2,1H3. The summed E-state index contributed by atoms with van der Waals surface area (Å²) in [6.07, 6.45) is 1.79. The highest BCUT2D eigenvalue weighted by Gasteiger charge is 2.38. The summed E-state index contributed by atoms with van der Waals surface area (Å²) in [5.74, 6) is -0.822. The quantitative estimate of drug-likeness (QED) is 0.674. The molecule has 1 fully saturated rings. The van der Waals surface area contributed by atoms with Crippen LogP contribution in [0.4, 0.5) is 0 Å². The van der Waals surface area contributed by atoms with Gasteiger partial charge in [-0.15, -0.1) is 0 Å². The second-order valence-electron chi connectivity index (χ2n) is 4.08. The molecule has 1 atom stereocenters. The minimum Gasteiger partial charge on any atom is -0.466 e. The van der Waals surface area contributed by atoms with Crippen LogP contribution in [0.15, 0.2) is 11.3 Å². The van der Waals surface area contributed by atoms with Gasteiger partial charge in [-0.3, -0.25) is 4.79 Å². The number of carbonyl (C=O) groups excluding carboxylic acids is 2. The lowest BCUT2D eigenvalue weighted by atomic mass is 9.90. The van der Waals surface area contributed by atoms with Gasteiger partial charge in [0, 0.05) is 24.6 Å². The number of ether oxygens (including phenoxy) is 1. The molecule has 0 bridgehead atoms. The molecule has 1 N–H and O–H groups in total. The Morgan fingerprint density at radius 3 is 3.00 bits per heavy atom. The van der Waals surface area contributed by atoms with Gasteiger partial charge in [-0.1, -0.05) is 0 Å². The van der Waals surface area contributed by atoms with Gasteiger partial charge in [-0.25, -0.2) is 4.79 Å². The van der Waals surface area contributed by atoms with E-state index in [1.807, 2.05) is 0 Å². The number of esters is 1. The zero-order valence-corrected chi connectivity index (χ0v) is 9.23. The van der Waals surface area contributed by atoms with Crippen molar-refractivity contribution in [2.45, 2.75) is 19.3 Å². The van der Waals surface area contributed by atoms with Crippen LogP contribution >= 0.6 is 0 Å². The van der Waals surface area contributed by atoms with Crippen molar-refractivity contribution in [1.29, 1.82) is 0 Å². The summed E-state index contributed by atoms with van der Waals surface area (Å²) >= 11 is 0. The molecule has 0 saturated carbocycles. The average molecular weight is 225 g/mol. The van der Waals surface area contributed by atoms with Crippen LogP contribution in [0, 0.1) is 5.92 Å². The summed E-state index contributed by atoms with van der Waals surface area (Å²) < 4.78 is 4.72. The molecule has 2 heterocycles. The zero-order chi connectivity index (χ0) is 11.7. The fourth-order valence-electron chi connectivity index (χ4n) is 2.44. The number of hydrogen-bond donors (Lipinski definition) is 1. The SMILES string of the molecule is COC(=O)C1=C2CCCN2C(=O)CC1CO. The molecule has 2 rings (SSSR count). The number of rotatable bonds is 2. The summed E-state index contributed by atoms with van der Waals surface area (Å²) in [6.45, 7) is 0.486. The first-order valence-corrected chi connectivity index (χ1v) is 5.41. The van der Waals surface area contributed by atoms with Crippen LogP contribution in [-0.2, 0) is 14.3 Å². The van der Waals surface area contributed by atoms with Gasteiger partial charge in [0.05, 0.1) is 19.3 Å². The van der Waals surface area contributed by atoms with Crippen molar-refractivity contribution < 1.29 is 19.4 Å². The molecule has 1 amide bonds. The fraction of sp³-hybridized carbons (Fsp3) is 0.636. The highest BCUT2D eigenvalue weighted by Crippen LogP contribution is 2.35. The number of hydrogen-bond acceptors (Lipinski definition) is 4. The van der Waals surface area contributed by atoms with Gasteiger partial charge >= 0.3 is 5.97 Å². The predicted octanol–water partition coefficient (Wildman–Crippen LogP) is 0.0481. The fourth-order valence-corrected chi connectivity index (χ4v) is 2.44. The first kappa shape index (κ1) is 11.1. The highest BCUT2D eigenvalue weighted by molar-refractivity contribution is 5.94. The molecule has 0 aromatic carbocycles. The van der Waals surface area contributed by atoms with Gasteiger partial charge < -0.3 is 14.7 Å². The largest absolute Gasteiger partial charge is 0.466 e. The van der Waals surface area contributed by atoms with E-state index in [9.17, 15) is 14.7 Å². The van der Waals surface area contributed by atoms with Gasteiger partial charge in [-0.2, -0.15) is 0 Å². The summed E-state index contributed by atoms with van der Waals surface area (Å²) in [6, 6.07) is 0. The van der Waals surface area contributed by atoms with E-state index in [4.69, 9.17) is 4.74 Å². The summed E-state index contributed by atoms with van der Waals surface area (Å²) in [5.41, 5.74) is 1.24. The average Bonchev–Trinajstić information content (AvgIpc) is 2.77. The smallest absolute Gasteiger partial charge is 0.335 e. The van der Waals surface area contributed by atoms with Gasteiger partial charge in [0.1, 0.15) is 0 Å². The molecule has 2 aliphatic heterocycles. The van der Waals surface area contributed by atoms with E-state index in [1.165, 1.54) is 7.11 Å². The first-order chi connectivity index (χ1) is 7.69. The van der Waals surface area contributed by atoms with Crippen molar-refractivity contribution in [3.63, 3.8) is 0 Å². The van der Waals surface area contributed by atoms with Crippen LogP contribution in [0.25, 0.3) is 0 Å². The third kappa shape index (κ3) is 1.61. The van der Waals surface area contributed by atoms with Gasteiger partial charge in [0.25, 0.3) is 0 Å². The number of aliphatic hydroxyl groups excluding tert-OH is 1. The molecule has 2 aliphatic rings. The Bertz CT molecular complexity index is 361. The monoisotopic (exact) mass is 225 g/mol. The Kier molecular flexibility index (Phi) is 2.96. The lowest BCUT2D eigenvalue weighted by molar-refractivity contribution is -0.138. The molecule has 1 unspecified atom stereocenters. The number of methoxy groups -OCH3 is 1. The Hall–Kier alpha value is -1.36. The van der Waals surface area contributed by atoms with Crippen molar-refractivity contribution in [3.05, 3.63) is 11.3 Å². The number of allylic oxidation sites excluding steroid dienone is 1. The molecule has 1 saturated heterocycles. The molecule has 0 radical (unpaired) electrons. The second-order valence-corrected chi connectivity index (χ2v) is 4.08. The summed E-state index contributed by atoms with van der Waals surface area (Å²) in [7, 11) is 1.32. The van der Waals surface area contributed by atoms with Gasteiger partial charge in [0.2, 0.25) is 5.91 Å². The number of amides is 1. The van der Waals surface area contributed by atoms with Crippen molar-refractivity contribution in [3.8, 4) is 0 Å². The molecular formula is C11H15NO4. The maximum absolute atomic E-state index is 11.7. The maximum Gasteiger partial charge on any atom is 0.335 e.